The number of hydrogen-bond donors (Lipinski definition) is 2. The third-order valence-corrected chi connectivity index (χ3v) is 5.69. The third kappa shape index (κ3) is 2.70. The van der Waals surface area contributed by atoms with E-state index in [1.807, 2.05) is 0 Å². The number of rotatable bonds is 6. The Bertz CT molecular complexity index is 570. The summed E-state index contributed by atoms with van der Waals surface area (Å²) >= 11 is 0. The molecule has 2 N–H and O–H groups in total. The molecular formula is C13H21NO4S. The molecule has 1 fully saturated rings. The van der Waals surface area contributed by atoms with Gasteiger partial charge in [0.25, 0.3) is 0 Å². The Labute approximate surface area is 114 Å². The molecule has 0 spiro atoms. The predicted octanol–water partition coefficient (Wildman–Crippen LogP) is 1.86. The number of aliphatic hydroxyl groups is 1. The maximum absolute atomic E-state index is 12.4. The minimum absolute atomic E-state index is 0.0967. The lowest BCUT2D eigenvalue weighted by atomic mass is 10.1. The van der Waals surface area contributed by atoms with Crippen molar-refractivity contribution in [3.05, 3.63) is 17.1 Å². The first-order valence-electron chi connectivity index (χ1n) is 6.54. The van der Waals surface area contributed by atoms with E-state index in [1.54, 1.807) is 13.8 Å². The Kier molecular flexibility index (Phi) is 3.77. The van der Waals surface area contributed by atoms with E-state index in [-0.39, 0.29) is 16.9 Å². The van der Waals surface area contributed by atoms with Crippen LogP contribution in [0.25, 0.3) is 0 Å². The fourth-order valence-electron chi connectivity index (χ4n) is 2.40. The van der Waals surface area contributed by atoms with Gasteiger partial charge in [0.2, 0.25) is 10.0 Å². The molecule has 0 amide bonds. The number of nitrogens with one attached hydrogen (secondary N) is 1. The van der Waals surface area contributed by atoms with Crippen LogP contribution in [-0.2, 0) is 16.6 Å². The molecule has 6 heteroatoms. The molecule has 108 valence electrons. The highest BCUT2D eigenvalue weighted by Gasteiger charge is 2.41. The van der Waals surface area contributed by atoms with Gasteiger partial charge in [0.15, 0.2) is 0 Å². The Morgan fingerprint density at radius 3 is 2.42 bits per heavy atom. The molecule has 0 radical (unpaired) electrons. The van der Waals surface area contributed by atoms with Gasteiger partial charge in [0.1, 0.15) is 16.4 Å². The summed E-state index contributed by atoms with van der Waals surface area (Å²) in [5.74, 6) is 0.785. The summed E-state index contributed by atoms with van der Waals surface area (Å²) in [5, 5.41) is 9.31. The summed E-state index contributed by atoms with van der Waals surface area (Å²) in [4.78, 5) is 0.0967. The summed E-state index contributed by atoms with van der Waals surface area (Å²) in [6, 6.07) is 0. The van der Waals surface area contributed by atoms with E-state index in [9.17, 15) is 13.5 Å². The standard InChI is InChI=1S/C13H21NO4S/c1-4-13(5-6-13)8-14-19(16,17)12-10(3)18-9(2)11(12)7-15/h14-15H,4-8H2,1-3H3. The molecule has 5 nitrogen and oxygen atoms in total. The van der Waals surface area contributed by atoms with E-state index < -0.39 is 10.0 Å². The number of aliphatic hydroxyl groups excluding tert-OH is 1. The zero-order chi connectivity index (χ0) is 14.3. The average Bonchev–Trinajstić information content (AvgIpc) is 3.07. The van der Waals surface area contributed by atoms with Crippen LogP contribution in [0.2, 0.25) is 0 Å². The van der Waals surface area contributed by atoms with Crippen molar-refractivity contribution in [2.45, 2.75) is 51.5 Å². The predicted molar refractivity (Wildman–Crippen MR) is 71.3 cm³/mol. The number of furan rings is 1. The van der Waals surface area contributed by atoms with Gasteiger partial charge >= 0.3 is 0 Å². The second kappa shape index (κ2) is 4.92. The lowest BCUT2D eigenvalue weighted by Gasteiger charge is -2.14. The topological polar surface area (TPSA) is 79.5 Å². The van der Waals surface area contributed by atoms with E-state index in [2.05, 4.69) is 11.6 Å². The second-order valence-electron chi connectivity index (χ2n) is 5.36. The molecule has 0 bridgehead atoms. The van der Waals surface area contributed by atoms with Crippen molar-refractivity contribution in [1.82, 2.24) is 4.72 Å². The lowest BCUT2D eigenvalue weighted by Crippen LogP contribution is -2.30. The Hall–Kier alpha value is -0.850. The van der Waals surface area contributed by atoms with Gasteiger partial charge in [-0.15, -0.1) is 0 Å². The smallest absolute Gasteiger partial charge is 0.244 e. The molecule has 1 saturated carbocycles. The van der Waals surface area contributed by atoms with Crippen LogP contribution in [0, 0.1) is 19.3 Å². The van der Waals surface area contributed by atoms with Gasteiger partial charge in [0.05, 0.1) is 6.61 Å². The summed E-state index contributed by atoms with van der Waals surface area (Å²) in [7, 11) is -3.62. The maximum Gasteiger partial charge on any atom is 0.244 e. The molecule has 0 aromatic carbocycles. The molecule has 1 aromatic heterocycles. The Balaban J connectivity index is 2.24. The molecule has 1 aliphatic carbocycles. The number of hydrogen-bond acceptors (Lipinski definition) is 4. The van der Waals surface area contributed by atoms with Crippen LogP contribution in [0.3, 0.4) is 0 Å². The minimum Gasteiger partial charge on any atom is -0.465 e. The first kappa shape index (κ1) is 14.6. The van der Waals surface area contributed by atoms with Gasteiger partial charge in [-0.1, -0.05) is 6.92 Å². The fourth-order valence-corrected chi connectivity index (χ4v) is 3.99. The highest BCUT2D eigenvalue weighted by molar-refractivity contribution is 7.89. The molecule has 0 aliphatic heterocycles. The first-order valence-corrected chi connectivity index (χ1v) is 8.03. The summed E-state index contributed by atoms with van der Waals surface area (Å²) in [5.41, 5.74) is 0.491. The van der Waals surface area contributed by atoms with Crippen LogP contribution in [0.15, 0.2) is 9.31 Å². The second-order valence-corrected chi connectivity index (χ2v) is 7.06. The van der Waals surface area contributed by atoms with Gasteiger partial charge in [-0.2, -0.15) is 0 Å². The van der Waals surface area contributed by atoms with Crippen molar-refractivity contribution < 1.29 is 17.9 Å². The van der Waals surface area contributed by atoms with E-state index in [0.717, 1.165) is 19.3 Å². The van der Waals surface area contributed by atoms with E-state index in [1.165, 1.54) is 0 Å². The van der Waals surface area contributed by atoms with E-state index in [0.29, 0.717) is 23.6 Å². The molecule has 0 unspecified atom stereocenters. The number of sulfonamides is 1. The zero-order valence-electron chi connectivity index (χ0n) is 11.6. The van der Waals surface area contributed by atoms with Crippen LogP contribution in [0.5, 0.6) is 0 Å². The summed E-state index contributed by atoms with van der Waals surface area (Å²) in [6.07, 6.45) is 3.12. The van der Waals surface area contributed by atoms with Crippen molar-refractivity contribution >= 4 is 10.0 Å². The normalized spacial score (nSPS) is 17.7. The maximum atomic E-state index is 12.4. The molecule has 1 heterocycles. The van der Waals surface area contributed by atoms with Gasteiger partial charge in [0, 0.05) is 12.1 Å². The SMILES string of the molecule is CCC1(CNS(=O)(=O)c2c(C)oc(C)c2CO)CC1. The largest absolute Gasteiger partial charge is 0.465 e. The van der Waals surface area contributed by atoms with Gasteiger partial charge < -0.3 is 9.52 Å². The number of aryl methyl sites for hydroxylation is 2. The van der Waals surface area contributed by atoms with Crippen LogP contribution in [-0.4, -0.2) is 20.1 Å². The average molecular weight is 287 g/mol. The van der Waals surface area contributed by atoms with Crippen molar-refractivity contribution in [3.8, 4) is 0 Å². The van der Waals surface area contributed by atoms with Gasteiger partial charge in [-0.05, 0) is 38.5 Å². The molecule has 1 aromatic rings. The third-order valence-electron chi connectivity index (χ3n) is 4.10. The molecular weight excluding hydrogens is 266 g/mol. The summed E-state index contributed by atoms with van der Waals surface area (Å²) in [6.45, 7) is 5.46. The van der Waals surface area contributed by atoms with Crippen LogP contribution in [0.1, 0.15) is 43.3 Å². The lowest BCUT2D eigenvalue weighted by molar-refractivity contribution is 0.276. The minimum atomic E-state index is -3.62. The van der Waals surface area contributed by atoms with Gasteiger partial charge in [-0.3, -0.25) is 0 Å². The van der Waals surface area contributed by atoms with Crippen molar-refractivity contribution in [2.75, 3.05) is 6.54 Å². The van der Waals surface area contributed by atoms with E-state index in [4.69, 9.17) is 4.42 Å². The molecule has 2 rings (SSSR count). The van der Waals surface area contributed by atoms with Crippen LogP contribution < -0.4 is 4.72 Å². The quantitative estimate of drug-likeness (QED) is 0.837. The van der Waals surface area contributed by atoms with Gasteiger partial charge in [-0.25, -0.2) is 13.1 Å². The molecule has 0 saturated heterocycles. The van der Waals surface area contributed by atoms with E-state index >= 15 is 0 Å². The van der Waals surface area contributed by atoms with Crippen molar-refractivity contribution in [1.29, 1.82) is 0 Å². The van der Waals surface area contributed by atoms with Crippen LogP contribution >= 0.6 is 0 Å². The van der Waals surface area contributed by atoms with Crippen LogP contribution in [0.4, 0.5) is 0 Å². The fraction of sp³-hybridized carbons (Fsp3) is 0.692. The monoisotopic (exact) mass is 287 g/mol. The molecule has 1 aliphatic rings. The van der Waals surface area contributed by atoms with Crippen molar-refractivity contribution in [3.63, 3.8) is 0 Å². The first-order chi connectivity index (χ1) is 8.85. The molecule has 0 atom stereocenters. The highest BCUT2D eigenvalue weighted by atomic mass is 32.2. The molecule has 19 heavy (non-hydrogen) atoms. The zero-order valence-corrected chi connectivity index (χ0v) is 12.4. The summed E-state index contributed by atoms with van der Waals surface area (Å²) < 4.78 is 32.7. The Morgan fingerprint density at radius 2 is 1.95 bits per heavy atom. The Morgan fingerprint density at radius 1 is 1.32 bits per heavy atom. The van der Waals surface area contributed by atoms with Crippen molar-refractivity contribution in [2.24, 2.45) is 5.41 Å². The highest BCUT2D eigenvalue weighted by Crippen LogP contribution is 2.48.